The number of ether oxygens (including phenoxy) is 1. The quantitative estimate of drug-likeness (QED) is 0.585. The Labute approximate surface area is 120 Å². The van der Waals surface area contributed by atoms with Gasteiger partial charge in [0.1, 0.15) is 0 Å². The molecule has 2 nitrogen and oxygen atoms in total. The maximum atomic E-state index is 12.7. The molecule has 0 aromatic carbocycles. The van der Waals surface area contributed by atoms with Gasteiger partial charge in [0.2, 0.25) is 6.10 Å². The van der Waals surface area contributed by atoms with Crippen molar-refractivity contribution in [2.45, 2.75) is 69.5 Å². The number of hydrogen-bond donors (Lipinski definition) is 1. The molecule has 21 heavy (non-hydrogen) atoms. The predicted molar refractivity (Wildman–Crippen MR) is 66.0 cm³/mol. The number of rotatable bonds is 6. The zero-order valence-corrected chi connectivity index (χ0v) is 11.9. The summed E-state index contributed by atoms with van der Waals surface area (Å²) in [7, 11) is 0. The van der Waals surface area contributed by atoms with Gasteiger partial charge in [-0.1, -0.05) is 26.2 Å². The summed E-state index contributed by atoms with van der Waals surface area (Å²) in [6.45, 7) is 2.42. The van der Waals surface area contributed by atoms with Crippen LogP contribution < -0.4 is 5.32 Å². The highest BCUT2D eigenvalue weighted by molar-refractivity contribution is 4.90. The average molecular weight is 321 g/mol. The lowest BCUT2D eigenvalue weighted by Crippen LogP contribution is -2.54. The molecule has 0 heterocycles. The van der Waals surface area contributed by atoms with Gasteiger partial charge in [-0.3, -0.25) is 0 Å². The second-order valence-corrected chi connectivity index (χ2v) is 5.50. The molecule has 1 aliphatic carbocycles. The van der Waals surface area contributed by atoms with Crippen molar-refractivity contribution in [3.05, 3.63) is 0 Å². The van der Waals surface area contributed by atoms with Crippen molar-refractivity contribution in [1.29, 1.82) is 0 Å². The van der Waals surface area contributed by atoms with Crippen LogP contribution in [0.4, 0.5) is 26.3 Å². The number of hydrogen-bond acceptors (Lipinski definition) is 2. The smallest absolute Gasteiger partial charge is 0.353 e. The maximum absolute atomic E-state index is 12.7. The number of halogens is 6. The van der Waals surface area contributed by atoms with Crippen molar-refractivity contribution >= 4 is 0 Å². The van der Waals surface area contributed by atoms with Crippen molar-refractivity contribution < 1.29 is 31.1 Å². The Morgan fingerprint density at radius 1 is 1.00 bits per heavy atom. The van der Waals surface area contributed by atoms with Crippen LogP contribution in [0, 0.1) is 0 Å². The minimum Gasteiger partial charge on any atom is -0.353 e. The van der Waals surface area contributed by atoms with E-state index in [1.807, 2.05) is 6.92 Å². The van der Waals surface area contributed by atoms with Crippen LogP contribution in [0.3, 0.4) is 0 Å². The average Bonchev–Trinajstić information content (AvgIpc) is 2.35. The molecule has 1 fully saturated rings. The van der Waals surface area contributed by atoms with Crippen LogP contribution in [-0.4, -0.2) is 37.1 Å². The fourth-order valence-corrected chi connectivity index (χ4v) is 2.59. The molecule has 0 aliphatic heterocycles. The fourth-order valence-electron chi connectivity index (χ4n) is 2.59. The van der Waals surface area contributed by atoms with E-state index in [1.54, 1.807) is 0 Å². The molecule has 0 amide bonds. The highest BCUT2D eigenvalue weighted by Crippen LogP contribution is 2.41. The molecule has 0 radical (unpaired) electrons. The molecule has 126 valence electrons. The SMILES string of the molecule is CCCNCC1(OC(C(F)(F)F)C(F)(F)F)CCCCC1. The molecule has 0 aromatic heterocycles. The Morgan fingerprint density at radius 3 is 1.95 bits per heavy atom. The van der Waals surface area contributed by atoms with E-state index in [4.69, 9.17) is 0 Å². The highest BCUT2D eigenvalue weighted by atomic mass is 19.4. The summed E-state index contributed by atoms with van der Waals surface area (Å²) in [5, 5.41) is 2.89. The monoisotopic (exact) mass is 321 g/mol. The van der Waals surface area contributed by atoms with Gasteiger partial charge in [-0.05, 0) is 25.8 Å². The second-order valence-electron chi connectivity index (χ2n) is 5.50. The number of nitrogens with one attached hydrogen (secondary N) is 1. The van der Waals surface area contributed by atoms with Gasteiger partial charge in [-0.15, -0.1) is 0 Å². The Bertz CT molecular complexity index is 295. The van der Waals surface area contributed by atoms with Crippen molar-refractivity contribution in [2.24, 2.45) is 0 Å². The van der Waals surface area contributed by atoms with E-state index >= 15 is 0 Å². The van der Waals surface area contributed by atoms with Gasteiger partial charge in [0, 0.05) is 6.54 Å². The van der Waals surface area contributed by atoms with E-state index in [2.05, 4.69) is 10.1 Å². The Morgan fingerprint density at radius 2 is 1.52 bits per heavy atom. The van der Waals surface area contributed by atoms with Crippen LogP contribution in [0.1, 0.15) is 45.4 Å². The Balaban J connectivity index is 2.86. The lowest BCUT2D eigenvalue weighted by molar-refractivity contribution is -0.346. The van der Waals surface area contributed by atoms with Gasteiger partial charge < -0.3 is 10.1 Å². The van der Waals surface area contributed by atoms with E-state index in [-0.39, 0.29) is 19.4 Å². The molecule has 0 saturated heterocycles. The summed E-state index contributed by atoms with van der Waals surface area (Å²) in [4.78, 5) is 0. The van der Waals surface area contributed by atoms with Gasteiger partial charge in [-0.25, -0.2) is 0 Å². The summed E-state index contributed by atoms with van der Waals surface area (Å²) < 4.78 is 80.6. The Hall–Kier alpha value is -0.500. The van der Waals surface area contributed by atoms with Gasteiger partial charge in [0.25, 0.3) is 0 Å². The summed E-state index contributed by atoms with van der Waals surface area (Å²) in [6.07, 6.45) is -11.5. The lowest BCUT2D eigenvalue weighted by atomic mass is 9.84. The summed E-state index contributed by atoms with van der Waals surface area (Å²) in [5.41, 5.74) is -1.39. The minimum absolute atomic E-state index is 0.0174. The third-order valence-electron chi connectivity index (χ3n) is 3.60. The molecular weight excluding hydrogens is 300 g/mol. The first-order valence-corrected chi connectivity index (χ1v) is 7.13. The first kappa shape index (κ1) is 18.5. The van der Waals surface area contributed by atoms with Gasteiger partial charge >= 0.3 is 12.4 Å². The lowest BCUT2D eigenvalue weighted by Gasteiger charge is -2.41. The third-order valence-corrected chi connectivity index (χ3v) is 3.60. The van der Waals surface area contributed by atoms with Crippen molar-refractivity contribution in [1.82, 2.24) is 5.32 Å². The van der Waals surface area contributed by atoms with E-state index in [0.717, 1.165) is 12.8 Å². The minimum atomic E-state index is -5.45. The van der Waals surface area contributed by atoms with E-state index in [1.165, 1.54) is 0 Å². The van der Waals surface area contributed by atoms with Crippen molar-refractivity contribution in [3.63, 3.8) is 0 Å². The normalized spacial score (nSPS) is 20.0. The van der Waals surface area contributed by atoms with Crippen LogP contribution in [0.25, 0.3) is 0 Å². The summed E-state index contributed by atoms with van der Waals surface area (Å²) in [5.74, 6) is 0. The van der Waals surface area contributed by atoms with Crippen LogP contribution >= 0.6 is 0 Å². The van der Waals surface area contributed by atoms with Gasteiger partial charge in [0.15, 0.2) is 0 Å². The molecule has 0 bridgehead atoms. The molecule has 0 atom stereocenters. The number of alkyl halides is 6. The molecule has 1 rings (SSSR count). The molecule has 0 aromatic rings. The van der Waals surface area contributed by atoms with Crippen LogP contribution in [0.2, 0.25) is 0 Å². The second kappa shape index (κ2) is 7.17. The van der Waals surface area contributed by atoms with Crippen molar-refractivity contribution in [2.75, 3.05) is 13.1 Å². The van der Waals surface area contributed by atoms with Gasteiger partial charge in [0.05, 0.1) is 5.60 Å². The fraction of sp³-hybridized carbons (Fsp3) is 1.00. The third kappa shape index (κ3) is 5.65. The first-order chi connectivity index (χ1) is 9.61. The van der Waals surface area contributed by atoms with Crippen molar-refractivity contribution in [3.8, 4) is 0 Å². The molecule has 1 N–H and O–H groups in total. The first-order valence-electron chi connectivity index (χ1n) is 7.13. The molecule has 0 unspecified atom stereocenters. The highest BCUT2D eigenvalue weighted by Gasteiger charge is 2.60. The molecule has 0 spiro atoms. The molecular formula is C13H21F6NO. The van der Waals surface area contributed by atoms with Crippen LogP contribution in [-0.2, 0) is 4.74 Å². The maximum Gasteiger partial charge on any atom is 0.423 e. The van der Waals surface area contributed by atoms with Crippen LogP contribution in [0.5, 0.6) is 0 Å². The van der Waals surface area contributed by atoms with E-state index in [9.17, 15) is 26.3 Å². The Kier molecular flexibility index (Phi) is 6.34. The molecule has 8 heteroatoms. The largest absolute Gasteiger partial charge is 0.423 e. The van der Waals surface area contributed by atoms with E-state index < -0.39 is 24.1 Å². The molecule has 1 saturated carbocycles. The zero-order chi connectivity index (χ0) is 16.1. The van der Waals surface area contributed by atoms with Crippen LogP contribution in [0.15, 0.2) is 0 Å². The molecule has 1 aliphatic rings. The summed E-state index contributed by atoms with van der Waals surface area (Å²) in [6, 6.07) is 0. The van der Waals surface area contributed by atoms with E-state index in [0.29, 0.717) is 19.4 Å². The van der Waals surface area contributed by atoms with Gasteiger partial charge in [-0.2, -0.15) is 26.3 Å². The zero-order valence-electron chi connectivity index (χ0n) is 11.9. The summed E-state index contributed by atoms with van der Waals surface area (Å²) >= 11 is 0. The standard InChI is InChI=1S/C13H21F6NO/c1-2-8-20-9-11(6-4-3-5-7-11)21-10(12(14,15)16)13(17,18)19/h10,20H,2-9H2,1H3. The predicted octanol–water partition coefficient (Wildman–Crippen LogP) is 4.20. The topological polar surface area (TPSA) is 21.3 Å².